The van der Waals surface area contributed by atoms with Gasteiger partial charge in [0.05, 0.1) is 6.54 Å². The average molecular weight is 303 g/mol. The molecule has 1 heterocycles. The van der Waals surface area contributed by atoms with E-state index in [1.807, 2.05) is 0 Å². The molecule has 122 valence electrons. The van der Waals surface area contributed by atoms with Gasteiger partial charge in [-0.3, -0.25) is 0 Å². The van der Waals surface area contributed by atoms with Gasteiger partial charge in [-0.05, 0) is 74.5 Å². The van der Waals surface area contributed by atoms with Crippen molar-refractivity contribution in [3.8, 4) is 0 Å². The smallest absolute Gasteiger partial charge is 0.410 e. The summed E-state index contributed by atoms with van der Waals surface area (Å²) in [6.45, 7) is 0.899. The summed E-state index contributed by atoms with van der Waals surface area (Å²) < 4.78 is 5.86. The van der Waals surface area contributed by atoms with Crippen molar-refractivity contribution in [2.24, 2.45) is 29.6 Å². The molecule has 1 amide bonds. The number of hydrogen-bond donors (Lipinski definition) is 0. The van der Waals surface area contributed by atoms with Crippen LogP contribution in [0.1, 0.15) is 64.2 Å². The third-order valence-electron chi connectivity index (χ3n) is 7.58. The van der Waals surface area contributed by atoms with Gasteiger partial charge in [0.15, 0.2) is 0 Å². The van der Waals surface area contributed by atoms with Crippen LogP contribution in [0.2, 0.25) is 0 Å². The number of nitrogens with zero attached hydrogens (tertiary/aromatic N) is 1. The van der Waals surface area contributed by atoms with E-state index in [2.05, 4.69) is 4.90 Å². The predicted molar refractivity (Wildman–Crippen MR) is 84.4 cm³/mol. The number of carbonyl (C=O) groups excluding carboxylic acids is 1. The minimum atomic E-state index is 0.0213. The Balaban J connectivity index is 1.32. The molecule has 6 fully saturated rings. The zero-order chi connectivity index (χ0) is 14.7. The van der Waals surface area contributed by atoms with Crippen LogP contribution < -0.4 is 0 Å². The van der Waals surface area contributed by atoms with Crippen LogP contribution in [0, 0.1) is 29.6 Å². The lowest BCUT2D eigenvalue weighted by Gasteiger charge is -2.56. The summed E-state index contributed by atoms with van der Waals surface area (Å²) in [5, 5.41) is 0. The first-order valence-corrected chi connectivity index (χ1v) is 9.75. The minimum absolute atomic E-state index is 0.0213. The number of cyclic esters (lactones) is 1. The van der Waals surface area contributed by atoms with E-state index in [1.165, 1.54) is 64.2 Å². The lowest BCUT2D eigenvalue weighted by Crippen LogP contribution is -2.56. The van der Waals surface area contributed by atoms with Crippen LogP contribution in [0.4, 0.5) is 4.79 Å². The number of hydrogen-bond acceptors (Lipinski definition) is 2. The molecular weight excluding hydrogens is 274 g/mol. The summed E-state index contributed by atoms with van der Waals surface area (Å²) in [6.07, 6.45) is 13.8. The highest BCUT2D eigenvalue weighted by Gasteiger charge is 2.53. The lowest BCUT2D eigenvalue weighted by molar-refractivity contribution is -0.0482. The van der Waals surface area contributed by atoms with Crippen molar-refractivity contribution in [2.45, 2.75) is 76.4 Å². The predicted octanol–water partition coefficient (Wildman–Crippen LogP) is 4.21. The second-order valence-electron chi connectivity index (χ2n) is 8.89. The molecule has 0 aromatic rings. The quantitative estimate of drug-likeness (QED) is 0.764. The molecule has 0 N–H and O–H groups in total. The maximum Gasteiger partial charge on any atom is 0.410 e. The largest absolute Gasteiger partial charge is 0.444 e. The van der Waals surface area contributed by atoms with Crippen LogP contribution in [0.3, 0.4) is 0 Å². The molecule has 1 atom stereocenters. The number of ether oxygens (including phenoxy) is 1. The number of amides is 1. The van der Waals surface area contributed by atoms with E-state index >= 15 is 0 Å². The Morgan fingerprint density at radius 1 is 0.818 bits per heavy atom. The fraction of sp³-hybridized carbons (Fsp3) is 0.947. The van der Waals surface area contributed by atoms with Crippen LogP contribution in [0.15, 0.2) is 0 Å². The van der Waals surface area contributed by atoms with Gasteiger partial charge in [-0.15, -0.1) is 0 Å². The van der Waals surface area contributed by atoms with Crippen molar-refractivity contribution in [1.29, 1.82) is 0 Å². The van der Waals surface area contributed by atoms with E-state index in [-0.39, 0.29) is 12.2 Å². The molecule has 4 bridgehead atoms. The van der Waals surface area contributed by atoms with Gasteiger partial charge in [-0.2, -0.15) is 0 Å². The Morgan fingerprint density at radius 3 is 2.09 bits per heavy atom. The van der Waals surface area contributed by atoms with Gasteiger partial charge in [-0.25, -0.2) is 4.79 Å². The van der Waals surface area contributed by atoms with Crippen molar-refractivity contribution in [3.05, 3.63) is 0 Å². The van der Waals surface area contributed by atoms with Gasteiger partial charge in [-0.1, -0.05) is 19.3 Å². The van der Waals surface area contributed by atoms with E-state index in [1.54, 1.807) is 0 Å². The van der Waals surface area contributed by atoms with E-state index in [0.717, 1.165) is 30.2 Å². The second-order valence-corrected chi connectivity index (χ2v) is 8.89. The van der Waals surface area contributed by atoms with Crippen LogP contribution in [-0.2, 0) is 4.74 Å². The van der Waals surface area contributed by atoms with Gasteiger partial charge in [0.1, 0.15) is 6.10 Å². The Labute approximate surface area is 133 Å². The molecule has 5 aliphatic carbocycles. The molecule has 3 heteroatoms. The maximum atomic E-state index is 12.6. The topological polar surface area (TPSA) is 29.5 Å². The molecule has 0 aromatic heterocycles. The molecule has 5 saturated carbocycles. The molecule has 3 nitrogen and oxygen atoms in total. The van der Waals surface area contributed by atoms with E-state index < -0.39 is 0 Å². The van der Waals surface area contributed by atoms with Gasteiger partial charge >= 0.3 is 6.09 Å². The highest BCUT2D eigenvalue weighted by atomic mass is 16.6. The van der Waals surface area contributed by atoms with Crippen LogP contribution in [-0.4, -0.2) is 29.7 Å². The molecule has 6 rings (SSSR count). The molecule has 1 saturated heterocycles. The fourth-order valence-electron chi connectivity index (χ4n) is 6.90. The fourth-order valence-corrected chi connectivity index (χ4v) is 6.90. The molecule has 0 spiro atoms. The van der Waals surface area contributed by atoms with Gasteiger partial charge in [0, 0.05) is 6.04 Å². The molecule has 0 unspecified atom stereocenters. The summed E-state index contributed by atoms with van der Waals surface area (Å²) in [6, 6.07) is 0.522. The summed E-state index contributed by atoms with van der Waals surface area (Å²) >= 11 is 0. The second kappa shape index (κ2) is 5.14. The summed E-state index contributed by atoms with van der Waals surface area (Å²) in [4.78, 5) is 14.7. The first-order chi connectivity index (χ1) is 10.8. The van der Waals surface area contributed by atoms with Crippen molar-refractivity contribution in [3.63, 3.8) is 0 Å². The molecule has 0 radical (unpaired) electrons. The van der Waals surface area contributed by atoms with E-state index in [4.69, 9.17) is 4.74 Å². The van der Waals surface area contributed by atoms with Crippen molar-refractivity contribution < 1.29 is 9.53 Å². The summed E-state index contributed by atoms with van der Waals surface area (Å²) in [5.74, 6) is 4.17. The first-order valence-electron chi connectivity index (χ1n) is 9.75. The Kier molecular flexibility index (Phi) is 3.20. The highest BCUT2D eigenvalue weighted by molar-refractivity contribution is 5.70. The van der Waals surface area contributed by atoms with Crippen molar-refractivity contribution in [2.75, 3.05) is 6.54 Å². The molecule has 0 aromatic carbocycles. The Morgan fingerprint density at radius 2 is 1.45 bits per heavy atom. The summed E-state index contributed by atoms with van der Waals surface area (Å²) in [5.41, 5.74) is 0. The highest BCUT2D eigenvalue weighted by Crippen LogP contribution is 2.55. The van der Waals surface area contributed by atoms with Crippen LogP contribution in [0.5, 0.6) is 0 Å². The van der Waals surface area contributed by atoms with Gasteiger partial charge in [0.25, 0.3) is 0 Å². The number of rotatable bonds is 2. The normalized spacial score (nSPS) is 48.0. The maximum absolute atomic E-state index is 12.6. The van der Waals surface area contributed by atoms with Gasteiger partial charge < -0.3 is 9.64 Å². The Bertz CT molecular complexity index is 428. The van der Waals surface area contributed by atoms with E-state index in [0.29, 0.717) is 12.0 Å². The van der Waals surface area contributed by atoms with E-state index in [9.17, 15) is 4.79 Å². The third kappa shape index (κ3) is 2.11. The van der Waals surface area contributed by atoms with Crippen molar-refractivity contribution in [1.82, 2.24) is 4.90 Å². The SMILES string of the molecule is O=C1O[C@@H](C2CCCCC2)CN1C1C2CC3CC(C2)CC1C3. The molecule has 22 heavy (non-hydrogen) atoms. The average Bonchev–Trinajstić information content (AvgIpc) is 2.89. The van der Waals surface area contributed by atoms with Crippen LogP contribution >= 0.6 is 0 Å². The standard InChI is InChI=1S/C19H29NO2/c21-19-20(11-17(22-19)14-4-2-1-3-5-14)18-15-7-12-6-13(9-15)10-16(18)8-12/h12-18H,1-11H2/t12?,13?,15?,16?,17-,18?/m1/s1. The molecular formula is C19H29NO2. The summed E-state index contributed by atoms with van der Waals surface area (Å²) in [7, 11) is 0. The number of carbonyl (C=O) groups is 1. The van der Waals surface area contributed by atoms with Gasteiger partial charge in [0.2, 0.25) is 0 Å². The molecule has 1 aliphatic heterocycles. The zero-order valence-corrected chi connectivity index (χ0v) is 13.6. The zero-order valence-electron chi connectivity index (χ0n) is 13.6. The minimum Gasteiger partial charge on any atom is -0.444 e. The lowest BCUT2D eigenvalue weighted by atomic mass is 9.54. The third-order valence-corrected chi connectivity index (χ3v) is 7.58. The Hall–Kier alpha value is -0.730. The molecule has 6 aliphatic rings. The van der Waals surface area contributed by atoms with Crippen LogP contribution in [0.25, 0.3) is 0 Å². The van der Waals surface area contributed by atoms with Crippen molar-refractivity contribution >= 4 is 6.09 Å². The first kappa shape index (κ1) is 13.7. The monoisotopic (exact) mass is 303 g/mol.